The first-order valence-corrected chi connectivity index (χ1v) is 7.22. The van der Waals surface area contributed by atoms with E-state index in [1.165, 1.54) is 17.7 Å². The zero-order chi connectivity index (χ0) is 13.7. The third-order valence-electron chi connectivity index (χ3n) is 2.54. The summed E-state index contributed by atoms with van der Waals surface area (Å²) in [6, 6.07) is 14.0. The Morgan fingerprint density at radius 2 is 1.74 bits per heavy atom. The number of thioether (sulfide) groups is 1. The normalized spacial score (nSPS) is 10.2. The Morgan fingerprint density at radius 1 is 1.05 bits per heavy atom. The van der Waals surface area contributed by atoms with Crippen LogP contribution >= 0.6 is 23.4 Å². The maximum Gasteiger partial charge on any atom is 0.124 e. The van der Waals surface area contributed by atoms with Gasteiger partial charge in [-0.2, -0.15) is 17.0 Å². The molecule has 0 spiro atoms. The fourth-order valence-corrected chi connectivity index (χ4v) is 2.72. The first-order chi connectivity index (χ1) is 9.17. The van der Waals surface area contributed by atoms with Crippen LogP contribution in [0.15, 0.2) is 42.5 Å². The quantitative estimate of drug-likeness (QED) is 0.809. The molecule has 0 radical (unpaired) electrons. The van der Waals surface area contributed by atoms with Crippen molar-refractivity contribution in [3.8, 4) is 6.07 Å². The second-order valence-electron chi connectivity index (χ2n) is 4.08. The first kappa shape index (κ1) is 13.9. The molecule has 1 nitrogen and oxygen atoms in total. The fraction of sp³-hybridized carbons (Fsp3) is 0.133. The van der Waals surface area contributed by atoms with Gasteiger partial charge in [-0.1, -0.05) is 23.7 Å². The molecule has 2 aromatic rings. The highest BCUT2D eigenvalue weighted by Gasteiger charge is 2.01. The van der Waals surface area contributed by atoms with E-state index in [1.54, 1.807) is 17.8 Å². The summed E-state index contributed by atoms with van der Waals surface area (Å²) in [5.74, 6) is 1.14. The summed E-state index contributed by atoms with van der Waals surface area (Å²) in [6.07, 6.45) is 0. The molecule has 0 aliphatic rings. The molecular formula is C15H11ClFNS. The Labute approximate surface area is 121 Å². The minimum absolute atomic E-state index is 0.360. The molecule has 0 aliphatic carbocycles. The van der Waals surface area contributed by atoms with Crippen LogP contribution < -0.4 is 0 Å². The van der Waals surface area contributed by atoms with Gasteiger partial charge in [-0.25, -0.2) is 4.39 Å². The Morgan fingerprint density at radius 3 is 2.42 bits per heavy atom. The van der Waals surface area contributed by atoms with E-state index in [-0.39, 0.29) is 5.82 Å². The lowest BCUT2D eigenvalue weighted by atomic mass is 10.1. The van der Waals surface area contributed by atoms with Gasteiger partial charge in [-0.05, 0) is 41.5 Å². The molecule has 0 bridgehead atoms. The minimum atomic E-state index is -0.360. The number of nitrogens with zero attached hydrogens (tertiary/aromatic N) is 1. The van der Waals surface area contributed by atoms with Crippen LogP contribution in [0.3, 0.4) is 0 Å². The fourth-order valence-electron chi connectivity index (χ4n) is 1.67. The maximum absolute atomic E-state index is 13.2. The Kier molecular flexibility index (Phi) is 4.84. The van der Waals surface area contributed by atoms with Gasteiger partial charge in [-0.3, -0.25) is 0 Å². The zero-order valence-electron chi connectivity index (χ0n) is 10.1. The molecule has 0 saturated heterocycles. The van der Waals surface area contributed by atoms with Crippen molar-refractivity contribution in [2.45, 2.75) is 11.5 Å². The maximum atomic E-state index is 13.2. The van der Waals surface area contributed by atoms with Crippen molar-refractivity contribution in [3.63, 3.8) is 0 Å². The van der Waals surface area contributed by atoms with Gasteiger partial charge in [-0.15, -0.1) is 0 Å². The molecule has 0 unspecified atom stereocenters. The highest BCUT2D eigenvalue weighted by atomic mass is 35.5. The molecule has 4 heteroatoms. The largest absolute Gasteiger partial charge is 0.207 e. The summed E-state index contributed by atoms with van der Waals surface area (Å²) in [5.41, 5.74) is 2.36. The molecule has 0 heterocycles. The second kappa shape index (κ2) is 6.60. The van der Waals surface area contributed by atoms with Crippen molar-refractivity contribution in [1.29, 1.82) is 5.26 Å². The van der Waals surface area contributed by atoms with Gasteiger partial charge >= 0.3 is 0 Å². The van der Waals surface area contributed by atoms with Crippen molar-refractivity contribution >= 4 is 23.4 Å². The third kappa shape index (κ3) is 4.27. The van der Waals surface area contributed by atoms with E-state index in [0.717, 1.165) is 16.3 Å². The monoisotopic (exact) mass is 291 g/mol. The van der Waals surface area contributed by atoms with Crippen LogP contribution in [-0.4, -0.2) is 0 Å². The van der Waals surface area contributed by atoms with E-state index in [4.69, 9.17) is 16.9 Å². The lowest BCUT2D eigenvalue weighted by molar-refractivity contribution is 0.626. The van der Waals surface area contributed by atoms with Crippen molar-refractivity contribution in [3.05, 3.63) is 70.0 Å². The van der Waals surface area contributed by atoms with Crippen LogP contribution in [-0.2, 0) is 11.5 Å². The van der Waals surface area contributed by atoms with Crippen LogP contribution in [0, 0.1) is 17.1 Å². The van der Waals surface area contributed by atoms with Gasteiger partial charge in [0, 0.05) is 16.5 Å². The molecule has 0 aromatic heterocycles. The summed E-state index contributed by atoms with van der Waals surface area (Å²) >= 11 is 7.49. The van der Waals surface area contributed by atoms with Crippen LogP contribution in [0.1, 0.15) is 16.7 Å². The van der Waals surface area contributed by atoms with E-state index >= 15 is 0 Å². The molecule has 19 heavy (non-hydrogen) atoms. The predicted molar refractivity (Wildman–Crippen MR) is 77.6 cm³/mol. The average Bonchev–Trinajstić information content (AvgIpc) is 2.40. The third-order valence-corrected chi connectivity index (χ3v) is 3.86. The number of nitriles is 1. The molecule has 0 N–H and O–H groups in total. The Bertz CT molecular complexity index is 605. The number of rotatable bonds is 4. The number of halogens is 2. The minimum Gasteiger partial charge on any atom is -0.207 e. The highest BCUT2D eigenvalue weighted by Crippen LogP contribution is 2.20. The zero-order valence-corrected chi connectivity index (χ0v) is 11.6. The Balaban J connectivity index is 1.94. The number of benzene rings is 2. The van der Waals surface area contributed by atoms with Crippen molar-refractivity contribution < 1.29 is 4.39 Å². The number of hydrogen-bond acceptors (Lipinski definition) is 2. The first-order valence-electron chi connectivity index (χ1n) is 5.69. The van der Waals surface area contributed by atoms with Crippen LogP contribution in [0.4, 0.5) is 4.39 Å². The van der Waals surface area contributed by atoms with Gasteiger partial charge in [0.05, 0.1) is 11.6 Å². The van der Waals surface area contributed by atoms with E-state index < -0.39 is 0 Å². The van der Waals surface area contributed by atoms with E-state index in [9.17, 15) is 4.39 Å². The van der Waals surface area contributed by atoms with E-state index in [2.05, 4.69) is 0 Å². The van der Waals surface area contributed by atoms with Gasteiger partial charge in [0.25, 0.3) is 0 Å². The molecule has 0 atom stereocenters. The molecule has 0 amide bonds. The average molecular weight is 292 g/mol. The SMILES string of the molecule is N#Cc1cc(F)cc(CSCc2ccc(Cl)cc2)c1. The standard InChI is InChI=1S/C15H11ClFNS/c16-14-3-1-11(2-4-14)9-19-10-13-5-12(8-18)6-15(17)7-13/h1-7H,9-10H2. The topological polar surface area (TPSA) is 23.8 Å². The lowest BCUT2D eigenvalue weighted by Gasteiger charge is -2.04. The van der Waals surface area contributed by atoms with Gasteiger partial charge in [0.1, 0.15) is 5.82 Å². The van der Waals surface area contributed by atoms with Gasteiger partial charge in [0.2, 0.25) is 0 Å². The molecule has 2 aromatic carbocycles. The molecule has 0 fully saturated rings. The van der Waals surface area contributed by atoms with Gasteiger partial charge < -0.3 is 0 Å². The van der Waals surface area contributed by atoms with E-state index in [0.29, 0.717) is 11.3 Å². The smallest absolute Gasteiger partial charge is 0.124 e. The molecule has 0 aliphatic heterocycles. The molecule has 2 rings (SSSR count). The summed E-state index contributed by atoms with van der Waals surface area (Å²) in [6.45, 7) is 0. The number of hydrogen-bond donors (Lipinski definition) is 0. The lowest BCUT2D eigenvalue weighted by Crippen LogP contribution is -1.87. The van der Waals surface area contributed by atoms with Gasteiger partial charge in [0.15, 0.2) is 0 Å². The van der Waals surface area contributed by atoms with Crippen molar-refractivity contribution in [1.82, 2.24) is 0 Å². The van der Waals surface area contributed by atoms with E-state index in [1.807, 2.05) is 30.3 Å². The summed E-state index contributed by atoms with van der Waals surface area (Å²) in [4.78, 5) is 0. The summed E-state index contributed by atoms with van der Waals surface area (Å²) in [5, 5.41) is 9.50. The van der Waals surface area contributed by atoms with Crippen molar-refractivity contribution in [2.24, 2.45) is 0 Å². The van der Waals surface area contributed by atoms with Crippen LogP contribution in [0.5, 0.6) is 0 Å². The van der Waals surface area contributed by atoms with Crippen molar-refractivity contribution in [2.75, 3.05) is 0 Å². The second-order valence-corrected chi connectivity index (χ2v) is 5.50. The molecule has 0 saturated carbocycles. The molecule has 96 valence electrons. The Hall–Kier alpha value is -1.50. The van der Waals surface area contributed by atoms with Crippen LogP contribution in [0.25, 0.3) is 0 Å². The van der Waals surface area contributed by atoms with Crippen LogP contribution in [0.2, 0.25) is 5.02 Å². The summed E-state index contributed by atoms with van der Waals surface area (Å²) < 4.78 is 13.2. The summed E-state index contributed by atoms with van der Waals surface area (Å²) in [7, 11) is 0. The molecular weight excluding hydrogens is 281 g/mol. The highest BCUT2D eigenvalue weighted by molar-refractivity contribution is 7.97. The predicted octanol–water partition coefficient (Wildman–Crippen LogP) is 4.78.